The van der Waals surface area contributed by atoms with Crippen LogP contribution in [0.1, 0.15) is 0 Å². The smallest absolute Gasteiger partial charge is 0.188 e. The zero-order valence-electron chi connectivity index (χ0n) is 9.86. The van der Waals surface area contributed by atoms with Crippen LogP contribution in [0.2, 0.25) is 5.02 Å². The van der Waals surface area contributed by atoms with E-state index in [1.807, 2.05) is 30.3 Å². The first-order chi connectivity index (χ1) is 9.25. The van der Waals surface area contributed by atoms with Gasteiger partial charge in [0.15, 0.2) is 5.82 Å². The fourth-order valence-corrected chi connectivity index (χ4v) is 2.01. The molecule has 19 heavy (non-hydrogen) atoms. The number of hydrogen-bond donors (Lipinski definition) is 1. The Morgan fingerprint density at radius 1 is 1.05 bits per heavy atom. The summed E-state index contributed by atoms with van der Waals surface area (Å²) in [6, 6.07) is 14.8. The van der Waals surface area contributed by atoms with E-state index in [9.17, 15) is 0 Å². The maximum Gasteiger partial charge on any atom is 0.188 e. The fourth-order valence-electron chi connectivity index (χ4n) is 1.81. The van der Waals surface area contributed by atoms with Crippen molar-refractivity contribution in [3.63, 3.8) is 0 Å². The molecule has 0 aliphatic rings. The Hall–Kier alpha value is -2.40. The molecular formula is C13H10ClN5. The van der Waals surface area contributed by atoms with Gasteiger partial charge >= 0.3 is 0 Å². The van der Waals surface area contributed by atoms with Gasteiger partial charge in [-0.05, 0) is 40.8 Å². The highest BCUT2D eigenvalue weighted by atomic mass is 35.5. The average Bonchev–Trinajstić information content (AvgIpc) is 2.91. The highest BCUT2D eigenvalue weighted by molar-refractivity contribution is 6.33. The molecule has 0 amide bonds. The molecule has 2 aromatic carbocycles. The molecule has 0 spiro atoms. The maximum absolute atomic E-state index is 6.18. The zero-order valence-corrected chi connectivity index (χ0v) is 10.6. The molecule has 0 fully saturated rings. The van der Waals surface area contributed by atoms with Crippen molar-refractivity contribution in [3.8, 4) is 17.1 Å². The molecule has 0 bridgehead atoms. The highest BCUT2D eigenvalue weighted by Gasteiger charge is 2.13. The monoisotopic (exact) mass is 271 g/mol. The van der Waals surface area contributed by atoms with E-state index in [-0.39, 0.29) is 0 Å². The molecule has 3 aromatic rings. The maximum atomic E-state index is 6.18. The molecule has 5 nitrogen and oxygen atoms in total. The Balaban J connectivity index is 2.18. The van der Waals surface area contributed by atoms with Gasteiger partial charge < -0.3 is 5.73 Å². The molecule has 0 saturated carbocycles. The summed E-state index contributed by atoms with van der Waals surface area (Å²) >= 11 is 6.18. The average molecular weight is 272 g/mol. The van der Waals surface area contributed by atoms with Crippen molar-refractivity contribution in [1.29, 1.82) is 0 Å². The molecule has 0 atom stereocenters. The lowest BCUT2D eigenvalue weighted by Crippen LogP contribution is -2.00. The predicted octanol–water partition coefficient (Wildman–Crippen LogP) is 2.56. The molecule has 0 unspecified atom stereocenters. The van der Waals surface area contributed by atoms with Gasteiger partial charge in [-0.1, -0.05) is 29.8 Å². The molecule has 0 aliphatic carbocycles. The normalized spacial score (nSPS) is 10.6. The van der Waals surface area contributed by atoms with E-state index in [4.69, 9.17) is 17.3 Å². The molecule has 1 heterocycles. The quantitative estimate of drug-likeness (QED) is 0.727. The second-order valence-corrected chi connectivity index (χ2v) is 4.40. The lowest BCUT2D eigenvalue weighted by atomic mass is 10.2. The van der Waals surface area contributed by atoms with E-state index in [1.54, 1.807) is 22.9 Å². The van der Waals surface area contributed by atoms with Crippen LogP contribution in [0, 0.1) is 0 Å². The molecule has 2 N–H and O–H groups in total. The zero-order chi connectivity index (χ0) is 13.2. The first kappa shape index (κ1) is 11.7. The number of para-hydroxylation sites is 1. The molecule has 1 aromatic heterocycles. The topological polar surface area (TPSA) is 69.6 Å². The summed E-state index contributed by atoms with van der Waals surface area (Å²) in [5, 5.41) is 12.3. The Labute approximate surface area is 114 Å². The molecule has 0 saturated heterocycles. The summed E-state index contributed by atoms with van der Waals surface area (Å²) in [5.74, 6) is 0.559. The summed E-state index contributed by atoms with van der Waals surface area (Å²) in [5.41, 5.74) is 7.97. The number of tetrazole rings is 1. The molecule has 0 aliphatic heterocycles. The standard InChI is InChI=1S/C13H10ClN5/c14-12-7-6-9(15)8-11(12)13-16-17-18-19(13)10-4-2-1-3-5-10/h1-8H,15H2. The van der Waals surface area contributed by atoms with Crippen LogP contribution in [0.5, 0.6) is 0 Å². The van der Waals surface area contributed by atoms with Gasteiger partial charge in [-0.3, -0.25) is 0 Å². The summed E-state index contributed by atoms with van der Waals surface area (Å²) in [7, 11) is 0. The Morgan fingerprint density at radius 2 is 1.84 bits per heavy atom. The van der Waals surface area contributed by atoms with Gasteiger partial charge in [-0.2, -0.15) is 4.68 Å². The molecule has 94 valence electrons. The van der Waals surface area contributed by atoms with Crippen molar-refractivity contribution >= 4 is 17.3 Å². The fraction of sp³-hybridized carbons (Fsp3) is 0. The van der Waals surface area contributed by atoms with E-state index < -0.39 is 0 Å². The highest BCUT2D eigenvalue weighted by Crippen LogP contribution is 2.28. The number of aromatic nitrogens is 4. The van der Waals surface area contributed by atoms with Crippen molar-refractivity contribution in [2.45, 2.75) is 0 Å². The molecule has 3 rings (SSSR count). The van der Waals surface area contributed by atoms with Gasteiger partial charge in [0, 0.05) is 11.3 Å². The van der Waals surface area contributed by atoms with Crippen molar-refractivity contribution in [3.05, 3.63) is 53.6 Å². The van der Waals surface area contributed by atoms with E-state index in [1.165, 1.54) is 0 Å². The first-order valence-electron chi connectivity index (χ1n) is 5.65. The van der Waals surface area contributed by atoms with Crippen LogP contribution in [0.15, 0.2) is 48.5 Å². The SMILES string of the molecule is Nc1ccc(Cl)c(-c2nnnn2-c2ccccc2)c1. The van der Waals surface area contributed by atoms with Crippen LogP contribution in [-0.4, -0.2) is 20.2 Å². The lowest BCUT2D eigenvalue weighted by molar-refractivity contribution is 0.791. The van der Waals surface area contributed by atoms with E-state index in [0.717, 1.165) is 5.69 Å². The molecular weight excluding hydrogens is 262 g/mol. The Morgan fingerprint density at radius 3 is 2.63 bits per heavy atom. The number of hydrogen-bond acceptors (Lipinski definition) is 4. The Bertz CT molecular complexity index is 708. The Kier molecular flexibility index (Phi) is 2.89. The minimum atomic E-state index is 0.557. The van der Waals surface area contributed by atoms with Gasteiger partial charge in [-0.15, -0.1) is 5.10 Å². The van der Waals surface area contributed by atoms with E-state index >= 15 is 0 Å². The van der Waals surface area contributed by atoms with E-state index in [0.29, 0.717) is 22.1 Å². The van der Waals surface area contributed by atoms with Crippen LogP contribution in [0.3, 0.4) is 0 Å². The number of rotatable bonds is 2. The van der Waals surface area contributed by atoms with Gasteiger partial charge in [0.05, 0.1) is 10.7 Å². The number of anilines is 1. The summed E-state index contributed by atoms with van der Waals surface area (Å²) < 4.78 is 1.63. The van der Waals surface area contributed by atoms with Crippen molar-refractivity contribution in [2.24, 2.45) is 0 Å². The minimum absolute atomic E-state index is 0.557. The first-order valence-corrected chi connectivity index (χ1v) is 6.03. The second-order valence-electron chi connectivity index (χ2n) is 3.99. The molecule has 0 radical (unpaired) electrons. The van der Waals surface area contributed by atoms with Crippen LogP contribution in [-0.2, 0) is 0 Å². The predicted molar refractivity (Wildman–Crippen MR) is 74.0 cm³/mol. The third-order valence-corrected chi connectivity index (χ3v) is 3.03. The van der Waals surface area contributed by atoms with E-state index in [2.05, 4.69) is 15.5 Å². The van der Waals surface area contributed by atoms with Gasteiger partial charge in [-0.25, -0.2) is 0 Å². The van der Waals surface area contributed by atoms with Gasteiger partial charge in [0.2, 0.25) is 0 Å². The summed E-state index contributed by atoms with van der Waals surface area (Å²) in [6.45, 7) is 0. The van der Waals surface area contributed by atoms with Crippen LogP contribution in [0.25, 0.3) is 17.1 Å². The van der Waals surface area contributed by atoms with Crippen LogP contribution >= 0.6 is 11.6 Å². The third-order valence-electron chi connectivity index (χ3n) is 2.70. The number of nitrogens with two attached hydrogens (primary N) is 1. The second kappa shape index (κ2) is 4.70. The summed E-state index contributed by atoms with van der Waals surface area (Å²) in [6.07, 6.45) is 0. The number of halogens is 1. The van der Waals surface area contributed by atoms with Crippen LogP contribution in [0.4, 0.5) is 5.69 Å². The number of nitrogens with zero attached hydrogens (tertiary/aromatic N) is 4. The van der Waals surface area contributed by atoms with Crippen molar-refractivity contribution in [1.82, 2.24) is 20.2 Å². The van der Waals surface area contributed by atoms with Crippen molar-refractivity contribution < 1.29 is 0 Å². The van der Waals surface area contributed by atoms with Crippen molar-refractivity contribution in [2.75, 3.05) is 5.73 Å². The number of nitrogen functional groups attached to an aromatic ring is 1. The summed E-state index contributed by atoms with van der Waals surface area (Å²) in [4.78, 5) is 0. The van der Waals surface area contributed by atoms with Crippen LogP contribution < -0.4 is 5.73 Å². The van der Waals surface area contributed by atoms with Gasteiger partial charge in [0.25, 0.3) is 0 Å². The largest absolute Gasteiger partial charge is 0.399 e. The number of benzene rings is 2. The minimum Gasteiger partial charge on any atom is -0.399 e. The van der Waals surface area contributed by atoms with Gasteiger partial charge in [0.1, 0.15) is 0 Å². The lowest BCUT2D eigenvalue weighted by Gasteiger charge is -2.06. The third kappa shape index (κ3) is 2.15. The molecule has 6 heteroatoms.